The minimum Gasteiger partial charge on any atom is -0.312 e. The summed E-state index contributed by atoms with van der Waals surface area (Å²) in [5, 5.41) is 28.7. The van der Waals surface area contributed by atoms with Crippen molar-refractivity contribution in [2.75, 3.05) is 0 Å². The Morgan fingerprint density at radius 3 is 1.00 bits per heavy atom. The summed E-state index contributed by atoms with van der Waals surface area (Å²) < 4.78 is -4.33. The molecule has 0 unspecified atom stereocenters. The number of hydrogen-bond acceptors (Lipinski definition) is 6. The molecule has 10 heteroatoms. The number of nitrogens with zero attached hydrogens (tertiary/aromatic N) is 3. The molecule has 0 aliphatic rings. The predicted octanol–water partition coefficient (Wildman–Crippen LogP) is -1.20. The first-order chi connectivity index (χ1) is 4.46. The second-order valence-corrected chi connectivity index (χ2v) is 3.16. The summed E-state index contributed by atoms with van der Waals surface area (Å²) in [5.74, 6) is 0. The Hall–Kier alpha value is -1.27. The standard InChI is InChI=1S/Al.3NO2/c;3*2-1-3. The van der Waals surface area contributed by atoms with Gasteiger partial charge in [0, 0.05) is 0 Å². The zero-order valence-corrected chi connectivity index (χ0v) is 5.52. The van der Waals surface area contributed by atoms with E-state index in [2.05, 4.69) is 0 Å². The molecule has 0 aliphatic carbocycles. The second-order valence-electron chi connectivity index (χ2n) is 1.20. The number of nitro groups is 3. The fourth-order valence-electron chi connectivity index (χ4n) is 0.231. The lowest BCUT2D eigenvalue weighted by atomic mass is 13.2. The van der Waals surface area contributed by atoms with Crippen LogP contribution in [-0.2, 0) is 0 Å². The van der Waals surface area contributed by atoms with Crippen LogP contribution in [0.25, 0.3) is 0 Å². The average Bonchev–Trinajstić information content (AvgIpc) is 1.59. The molecule has 0 rings (SSSR count). The van der Waals surface area contributed by atoms with E-state index in [1.807, 2.05) is 0 Å². The van der Waals surface area contributed by atoms with Gasteiger partial charge in [-0.15, -0.1) is 0 Å². The molecule has 0 atom stereocenters. The molecule has 0 bridgehead atoms. The van der Waals surface area contributed by atoms with Gasteiger partial charge in [0.2, 0.25) is 0 Å². The third-order valence-corrected chi connectivity index (χ3v) is 1.70. The van der Waals surface area contributed by atoms with Gasteiger partial charge in [0.05, 0.1) is 0 Å². The monoisotopic (exact) mass is 165 g/mol. The van der Waals surface area contributed by atoms with Crippen LogP contribution in [0.15, 0.2) is 0 Å². The normalized spacial score (nSPS) is 8.40. The van der Waals surface area contributed by atoms with Crippen LogP contribution in [0.3, 0.4) is 0 Å². The van der Waals surface area contributed by atoms with Crippen molar-refractivity contribution in [2.24, 2.45) is 0 Å². The van der Waals surface area contributed by atoms with Gasteiger partial charge >= 0.3 is 14.8 Å². The van der Waals surface area contributed by atoms with Gasteiger partial charge in [0.1, 0.15) is 0 Å². The third kappa shape index (κ3) is 1.92. The van der Waals surface area contributed by atoms with Crippen LogP contribution in [0.1, 0.15) is 0 Å². The number of hydrogen-bond donors (Lipinski definition) is 0. The minimum absolute atomic E-state index is 1.44. The second kappa shape index (κ2) is 3.04. The van der Waals surface area contributed by atoms with Crippen LogP contribution in [0, 0.1) is 30.3 Å². The minimum atomic E-state index is -4.29. The van der Waals surface area contributed by atoms with E-state index in [0.29, 0.717) is 0 Å². The molecular formula is AlN3O6. The molecule has 0 aromatic heterocycles. The quantitative estimate of drug-likeness (QED) is 0.293. The Balaban J connectivity index is 4.43. The summed E-state index contributed by atoms with van der Waals surface area (Å²) in [7, 11) is 0. The fourth-order valence-corrected chi connectivity index (χ4v) is 0.693. The molecule has 0 aliphatic heterocycles. The lowest BCUT2D eigenvalue weighted by Gasteiger charge is -1.81. The van der Waals surface area contributed by atoms with Crippen LogP contribution in [0.2, 0.25) is 0 Å². The van der Waals surface area contributed by atoms with Crippen molar-refractivity contribution in [3.8, 4) is 0 Å². The molecule has 0 radical (unpaired) electrons. The van der Waals surface area contributed by atoms with E-state index in [0.717, 1.165) is 0 Å². The first-order valence-corrected chi connectivity index (χ1v) is 3.42. The van der Waals surface area contributed by atoms with E-state index in [4.69, 9.17) is 0 Å². The van der Waals surface area contributed by atoms with Gasteiger partial charge in [-0.2, -0.15) is 0 Å². The maximum atomic E-state index is 9.57. The highest BCUT2D eigenvalue weighted by Crippen LogP contribution is 1.85. The highest BCUT2D eigenvalue weighted by molar-refractivity contribution is 6.30. The van der Waals surface area contributed by atoms with Gasteiger partial charge in [-0.25, -0.2) is 0 Å². The highest BCUT2D eigenvalue weighted by Gasteiger charge is 3.05. The Kier molecular flexibility index (Phi) is 2.66. The maximum absolute atomic E-state index is 9.57. The van der Waals surface area contributed by atoms with Crippen molar-refractivity contribution < 1.29 is 11.7 Å². The van der Waals surface area contributed by atoms with Crippen molar-refractivity contribution in [3.05, 3.63) is 30.3 Å². The predicted molar refractivity (Wildman–Crippen MR) is 26.7 cm³/mol. The van der Waals surface area contributed by atoms with Crippen LogP contribution < -0.4 is 0 Å². The first-order valence-electron chi connectivity index (χ1n) is 1.87. The van der Waals surface area contributed by atoms with E-state index < -0.39 is 26.5 Å². The smallest absolute Gasteiger partial charge is 0.312 e. The SMILES string of the molecule is O=[N+]([O-])[Al]([N+](=O)[O-])[N+](=O)[O-]. The topological polar surface area (TPSA) is 129 Å². The van der Waals surface area contributed by atoms with Crippen molar-refractivity contribution in [2.45, 2.75) is 0 Å². The highest BCUT2D eigenvalue weighted by atomic mass is 27.2. The van der Waals surface area contributed by atoms with Crippen molar-refractivity contribution >= 4 is 14.8 Å². The van der Waals surface area contributed by atoms with Crippen LogP contribution >= 0.6 is 0 Å². The molecule has 0 aromatic rings. The molecule has 0 saturated carbocycles. The number of rotatable bonds is 3. The van der Waals surface area contributed by atoms with Gasteiger partial charge in [-0.05, 0) is 11.7 Å². The Bertz CT molecular complexity index is 152. The average molecular weight is 165 g/mol. The zero-order valence-electron chi connectivity index (χ0n) is 4.37. The van der Waals surface area contributed by atoms with Crippen molar-refractivity contribution in [1.29, 1.82) is 0 Å². The Labute approximate surface area is 57.7 Å². The van der Waals surface area contributed by atoms with Crippen LogP contribution in [0.5, 0.6) is 0 Å². The largest absolute Gasteiger partial charge is 1.90 e. The van der Waals surface area contributed by atoms with Gasteiger partial charge in [0.25, 0.3) is 0 Å². The fraction of sp³-hybridized carbons (Fsp3) is 0. The summed E-state index contributed by atoms with van der Waals surface area (Å²) in [6.07, 6.45) is 0. The van der Waals surface area contributed by atoms with E-state index in [1.165, 1.54) is 0 Å². The molecule has 0 fully saturated rings. The lowest BCUT2D eigenvalue weighted by Crippen LogP contribution is -2.42. The van der Waals surface area contributed by atoms with Crippen LogP contribution in [0.4, 0.5) is 0 Å². The molecule has 0 N–H and O–H groups in total. The summed E-state index contributed by atoms with van der Waals surface area (Å²) >= 11 is -4.29. The molecule has 0 spiro atoms. The third-order valence-electron chi connectivity index (χ3n) is 0.566. The zero-order chi connectivity index (χ0) is 8.31. The van der Waals surface area contributed by atoms with Crippen LogP contribution in [-0.4, -0.2) is 26.5 Å². The van der Waals surface area contributed by atoms with Gasteiger partial charge < -0.3 is 30.3 Å². The first kappa shape index (κ1) is 8.73. The molecule has 10 heavy (non-hydrogen) atoms. The van der Waals surface area contributed by atoms with E-state index in [1.54, 1.807) is 0 Å². The van der Waals surface area contributed by atoms with Crippen molar-refractivity contribution in [3.63, 3.8) is 0 Å². The summed E-state index contributed by atoms with van der Waals surface area (Å²) in [6, 6.07) is 0. The summed E-state index contributed by atoms with van der Waals surface area (Å²) in [4.78, 5) is 28.7. The van der Waals surface area contributed by atoms with Crippen molar-refractivity contribution in [1.82, 2.24) is 0 Å². The maximum Gasteiger partial charge on any atom is 1.90 e. The van der Waals surface area contributed by atoms with E-state index in [-0.39, 0.29) is 0 Å². The molecule has 0 aromatic carbocycles. The molecular weight excluding hydrogens is 165 g/mol. The Morgan fingerprint density at radius 1 is 0.800 bits per heavy atom. The van der Waals surface area contributed by atoms with Gasteiger partial charge in [0.15, 0.2) is 0 Å². The summed E-state index contributed by atoms with van der Waals surface area (Å²) in [6.45, 7) is 0. The van der Waals surface area contributed by atoms with Gasteiger partial charge in [-0.3, -0.25) is 0 Å². The Morgan fingerprint density at radius 2 is 1.00 bits per heavy atom. The van der Waals surface area contributed by atoms with E-state index >= 15 is 0 Å². The molecule has 0 saturated heterocycles. The molecule has 0 heterocycles. The molecule has 9 nitrogen and oxygen atoms in total. The van der Waals surface area contributed by atoms with E-state index in [9.17, 15) is 30.3 Å². The lowest BCUT2D eigenvalue weighted by molar-refractivity contribution is -0.590. The molecule has 0 amide bonds. The summed E-state index contributed by atoms with van der Waals surface area (Å²) in [5.41, 5.74) is 0. The van der Waals surface area contributed by atoms with Gasteiger partial charge in [-0.1, -0.05) is 0 Å². The molecule has 54 valence electrons.